The molecular formula is C9H10ClNO2. The van der Waals surface area contributed by atoms with Crippen LogP contribution in [0.1, 0.15) is 11.6 Å². The maximum atomic E-state index is 5.91. The highest BCUT2D eigenvalue weighted by Gasteiger charge is 2.25. The van der Waals surface area contributed by atoms with Crippen LogP contribution in [0, 0.1) is 0 Å². The van der Waals surface area contributed by atoms with Crippen molar-refractivity contribution in [3.8, 4) is 11.5 Å². The first-order chi connectivity index (χ1) is 6.24. The van der Waals surface area contributed by atoms with E-state index in [1.54, 1.807) is 13.2 Å². The Bertz CT molecular complexity index is 341. The monoisotopic (exact) mass is 199 g/mol. The van der Waals surface area contributed by atoms with Crippen LogP contribution in [0.2, 0.25) is 5.02 Å². The lowest BCUT2D eigenvalue weighted by atomic mass is 10.1. The van der Waals surface area contributed by atoms with E-state index in [4.69, 9.17) is 26.8 Å². The van der Waals surface area contributed by atoms with Gasteiger partial charge in [0.15, 0.2) is 11.5 Å². The van der Waals surface area contributed by atoms with Gasteiger partial charge in [-0.15, -0.1) is 0 Å². The third-order valence-corrected chi connectivity index (χ3v) is 2.40. The van der Waals surface area contributed by atoms with Crippen molar-refractivity contribution < 1.29 is 9.47 Å². The highest BCUT2D eigenvalue weighted by Crippen LogP contribution is 2.43. The fourth-order valence-electron chi connectivity index (χ4n) is 1.45. The average Bonchev–Trinajstić information content (AvgIpc) is 2.48. The molecule has 1 aliphatic rings. The summed E-state index contributed by atoms with van der Waals surface area (Å²) < 4.78 is 10.5. The van der Waals surface area contributed by atoms with Gasteiger partial charge >= 0.3 is 0 Å². The maximum Gasteiger partial charge on any atom is 0.179 e. The van der Waals surface area contributed by atoms with E-state index in [0.29, 0.717) is 23.1 Å². The average molecular weight is 200 g/mol. The summed E-state index contributed by atoms with van der Waals surface area (Å²) in [6.07, 6.45) is 0. The van der Waals surface area contributed by atoms with Crippen LogP contribution in [0.4, 0.5) is 0 Å². The molecule has 70 valence electrons. The van der Waals surface area contributed by atoms with Crippen molar-refractivity contribution in [3.05, 3.63) is 22.7 Å². The van der Waals surface area contributed by atoms with E-state index in [0.717, 1.165) is 5.56 Å². The first kappa shape index (κ1) is 8.66. The smallest absolute Gasteiger partial charge is 0.179 e. The number of methoxy groups -OCH3 is 1. The Morgan fingerprint density at radius 2 is 2.38 bits per heavy atom. The molecule has 1 aromatic carbocycles. The third-order valence-electron chi connectivity index (χ3n) is 2.11. The molecule has 0 bridgehead atoms. The topological polar surface area (TPSA) is 44.5 Å². The second-order valence-corrected chi connectivity index (χ2v) is 3.32. The summed E-state index contributed by atoms with van der Waals surface area (Å²) in [5, 5.41) is 0.551. The molecule has 3 nitrogen and oxygen atoms in total. The molecule has 0 aliphatic carbocycles. The predicted octanol–water partition coefficient (Wildman–Crippen LogP) is 1.74. The molecule has 1 atom stereocenters. The molecule has 0 fully saturated rings. The third kappa shape index (κ3) is 1.24. The van der Waals surface area contributed by atoms with Crippen LogP contribution >= 0.6 is 11.6 Å². The molecule has 0 amide bonds. The molecule has 0 saturated carbocycles. The lowest BCUT2D eigenvalue weighted by molar-refractivity contribution is 0.311. The minimum Gasteiger partial charge on any atom is -0.491 e. The molecule has 2 rings (SSSR count). The van der Waals surface area contributed by atoms with Crippen molar-refractivity contribution >= 4 is 11.6 Å². The van der Waals surface area contributed by atoms with Gasteiger partial charge in [0.25, 0.3) is 0 Å². The lowest BCUT2D eigenvalue weighted by Crippen LogP contribution is -2.10. The molecule has 0 unspecified atom stereocenters. The Kier molecular flexibility index (Phi) is 2.06. The van der Waals surface area contributed by atoms with E-state index in [2.05, 4.69) is 0 Å². The van der Waals surface area contributed by atoms with E-state index in [-0.39, 0.29) is 6.04 Å². The number of rotatable bonds is 1. The van der Waals surface area contributed by atoms with E-state index < -0.39 is 0 Å². The number of benzene rings is 1. The largest absolute Gasteiger partial charge is 0.491 e. The van der Waals surface area contributed by atoms with E-state index >= 15 is 0 Å². The minimum atomic E-state index is -0.0684. The summed E-state index contributed by atoms with van der Waals surface area (Å²) in [7, 11) is 1.56. The predicted molar refractivity (Wildman–Crippen MR) is 50.4 cm³/mol. The van der Waals surface area contributed by atoms with Gasteiger partial charge in [-0.1, -0.05) is 17.7 Å². The summed E-state index contributed by atoms with van der Waals surface area (Å²) in [5.74, 6) is 1.26. The van der Waals surface area contributed by atoms with Crippen LogP contribution in [0.5, 0.6) is 11.5 Å². The van der Waals surface area contributed by atoms with Crippen molar-refractivity contribution in [3.63, 3.8) is 0 Å². The molecule has 0 spiro atoms. The van der Waals surface area contributed by atoms with Crippen LogP contribution < -0.4 is 15.2 Å². The van der Waals surface area contributed by atoms with E-state index in [1.807, 2.05) is 6.07 Å². The standard InChI is InChI=1S/C9H10ClNO2/c1-12-9-6(10)3-2-5-7(11)4-13-8(5)9/h2-3,7H,4,11H2,1H3/t7-/m0/s1. The van der Waals surface area contributed by atoms with Crippen molar-refractivity contribution in [2.75, 3.05) is 13.7 Å². The van der Waals surface area contributed by atoms with Gasteiger partial charge in [0.2, 0.25) is 0 Å². The molecule has 1 aromatic rings. The van der Waals surface area contributed by atoms with Crippen LogP contribution in [0.15, 0.2) is 12.1 Å². The molecule has 0 radical (unpaired) electrons. The maximum absolute atomic E-state index is 5.91. The molecule has 0 saturated heterocycles. The van der Waals surface area contributed by atoms with Crippen LogP contribution in [-0.4, -0.2) is 13.7 Å². The number of nitrogens with two attached hydrogens (primary N) is 1. The van der Waals surface area contributed by atoms with Crippen molar-refractivity contribution in [1.82, 2.24) is 0 Å². The van der Waals surface area contributed by atoms with Crippen molar-refractivity contribution in [1.29, 1.82) is 0 Å². The van der Waals surface area contributed by atoms with Gasteiger partial charge in [0.05, 0.1) is 18.2 Å². The Morgan fingerprint density at radius 1 is 1.62 bits per heavy atom. The second kappa shape index (κ2) is 3.09. The van der Waals surface area contributed by atoms with Gasteiger partial charge < -0.3 is 15.2 Å². The highest BCUT2D eigenvalue weighted by molar-refractivity contribution is 6.32. The van der Waals surface area contributed by atoms with Gasteiger partial charge in [-0.05, 0) is 6.07 Å². The van der Waals surface area contributed by atoms with Crippen LogP contribution in [0.3, 0.4) is 0 Å². The van der Waals surface area contributed by atoms with Gasteiger partial charge in [0.1, 0.15) is 6.61 Å². The van der Waals surface area contributed by atoms with E-state index in [9.17, 15) is 0 Å². The van der Waals surface area contributed by atoms with Gasteiger partial charge in [-0.3, -0.25) is 0 Å². The summed E-state index contributed by atoms with van der Waals surface area (Å²) in [5.41, 5.74) is 6.76. The van der Waals surface area contributed by atoms with Gasteiger partial charge in [0, 0.05) is 5.56 Å². The van der Waals surface area contributed by atoms with Crippen molar-refractivity contribution in [2.45, 2.75) is 6.04 Å². The summed E-state index contributed by atoms with van der Waals surface area (Å²) in [4.78, 5) is 0. The second-order valence-electron chi connectivity index (χ2n) is 2.92. The van der Waals surface area contributed by atoms with Gasteiger partial charge in [-0.2, -0.15) is 0 Å². The summed E-state index contributed by atoms with van der Waals surface area (Å²) in [6, 6.07) is 3.58. The molecular weight excluding hydrogens is 190 g/mol. The minimum absolute atomic E-state index is 0.0684. The quantitative estimate of drug-likeness (QED) is 0.750. The Balaban J connectivity index is 2.57. The molecule has 0 aromatic heterocycles. The molecule has 4 heteroatoms. The zero-order valence-electron chi connectivity index (χ0n) is 7.21. The summed E-state index contributed by atoms with van der Waals surface area (Å²) >= 11 is 5.91. The fraction of sp³-hybridized carbons (Fsp3) is 0.333. The number of ether oxygens (including phenoxy) is 2. The zero-order chi connectivity index (χ0) is 9.42. The van der Waals surface area contributed by atoms with Crippen LogP contribution in [-0.2, 0) is 0 Å². The SMILES string of the molecule is COc1c(Cl)ccc2c1OC[C@@H]2N. The number of halogens is 1. The van der Waals surface area contributed by atoms with Crippen molar-refractivity contribution in [2.24, 2.45) is 5.73 Å². The van der Waals surface area contributed by atoms with E-state index in [1.165, 1.54) is 0 Å². The number of fused-ring (bicyclic) bond motifs is 1. The first-order valence-electron chi connectivity index (χ1n) is 3.99. The fourth-order valence-corrected chi connectivity index (χ4v) is 1.67. The molecule has 13 heavy (non-hydrogen) atoms. The molecule has 1 aliphatic heterocycles. The summed E-state index contributed by atoms with van der Waals surface area (Å²) in [6.45, 7) is 0.492. The number of hydrogen-bond donors (Lipinski definition) is 1. The normalized spacial score (nSPS) is 19.5. The first-order valence-corrected chi connectivity index (χ1v) is 4.36. The zero-order valence-corrected chi connectivity index (χ0v) is 7.97. The Hall–Kier alpha value is -0.930. The molecule has 2 N–H and O–H groups in total. The highest BCUT2D eigenvalue weighted by atomic mass is 35.5. The van der Waals surface area contributed by atoms with Crippen LogP contribution in [0.25, 0.3) is 0 Å². The molecule has 1 heterocycles. The number of hydrogen-bond acceptors (Lipinski definition) is 3. The Morgan fingerprint density at radius 3 is 3.08 bits per heavy atom. The van der Waals surface area contributed by atoms with Gasteiger partial charge in [-0.25, -0.2) is 0 Å². The Labute approximate surface area is 81.4 Å². The lowest BCUT2D eigenvalue weighted by Gasteiger charge is -2.07.